The molecule has 5 heteroatoms. The first-order chi connectivity index (χ1) is 9.11. The van der Waals surface area contributed by atoms with Crippen molar-refractivity contribution < 1.29 is 4.79 Å². The number of nitrogens with one attached hydrogen (secondary N) is 1. The predicted molar refractivity (Wildman–Crippen MR) is 74.2 cm³/mol. The number of anilines is 1. The van der Waals surface area contributed by atoms with Crippen LogP contribution in [0, 0.1) is 6.92 Å². The van der Waals surface area contributed by atoms with E-state index in [-0.39, 0.29) is 18.1 Å². The lowest BCUT2D eigenvalue weighted by atomic mass is 10.2. The second kappa shape index (κ2) is 5.56. The fraction of sp³-hybridized carbons (Fsp3) is 0.286. The average Bonchev–Trinajstić information content (AvgIpc) is 2.73. The van der Waals surface area contributed by atoms with E-state index in [9.17, 15) is 9.59 Å². The van der Waals surface area contributed by atoms with Gasteiger partial charge in [-0.05, 0) is 25.5 Å². The Morgan fingerprint density at radius 3 is 2.53 bits per heavy atom. The van der Waals surface area contributed by atoms with E-state index in [4.69, 9.17) is 0 Å². The first-order valence-electron chi connectivity index (χ1n) is 6.23. The van der Waals surface area contributed by atoms with Crippen LogP contribution in [0.5, 0.6) is 0 Å². The zero-order valence-electron chi connectivity index (χ0n) is 11.1. The van der Waals surface area contributed by atoms with Gasteiger partial charge in [-0.2, -0.15) is 0 Å². The number of aromatic nitrogens is 2. The molecule has 1 heterocycles. The van der Waals surface area contributed by atoms with Crippen LogP contribution in [-0.4, -0.2) is 15.0 Å². The number of aryl methyl sites for hydroxylation is 2. The normalized spacial score (nSPS) is 10.4. The third-order valence-electron chi connectivity index (χ3n) is 2.99. The van der Waals surface area contributed by atoms with Crippen molar-refractivity contribution in [1.82, 2.24) is 9.13 Å². The Morgan fingerprint density at radius 2 is 1.89 bits per heavy atom. The minimum atomic E-state index is -0.203. The van der Waals surface area contributed by atoms with Gasteiger partial charge in [0.15, 0.2) is 0 Å². The van der Waals surface area contributed by atoms with Gasteiger partial charge in [-0.3, -0.25) is 13.9 Å². The summed E-state index contributed by atoms with van der Waals surface area (Å²) >= 11 is 0. The van der Waals surface area contributed by atoms with Crippen LogP contribution < -0.4 is 11.0 Å². The van der Waals surface area contributed by atoms with E-state index in [1.54, 1.807) is 17.0 Å². The number of hydrogen-bond donors (Lipinski definition) is 1. The molecule has 0 aliphatic carbocycles. The van der Waals surface area contributed by atoms with Gasteiger partial charge < -0.3 is 5.32 Å². The molecule has 0 atom stereocenters. The smallest absolute Gasteiger partial charge is 0.324 e. The molecule has 100 valence electrons. The summed E-state index contributed by atoms with van der Waals surface area (Å²) in [4.78, 5) is 23.7. The van der Waals surface area contributed by atoms with Gasteiger partial charge in [0, 0.05) is 24.6 Å². The number of imidazole rings is 1. The molecule has 2 aromatic rings. The summed E-state index contributed by atoms with van der Waals surface area (Å²) in [7, 11) is 0. The summed E-state index contributed by atoms with van der Waals surface area (Å²) in [6.07, 6.45) is 3.31. The molecule has 0 unspecified atom stereocenters. The van der Waals surface area contributed by atoms with Crippen molar-refractivity contribution in [2.24, 2.45) is 0 Å². The number of para-hydroxylation sites is 1. The monoisotopic (exact) mass is 259 g/mol. The summed E-state index contributed by atoms with van der Waals surface area (Å²) in [6.45, 7) is 4.44. The molecule has 1 aromatic carbocycles. The molecule has 0 aliphatic heterocycles. The zero-order chi connectivity index (χ0) is 13.8. The van der Waals surface area contributed by atoms with Crippen molar-refractivity contribution in [3.8, 4) is 0 Å². The van der Waals surface area contributed by atoms with E-state index in [0.717, 1.165) is 11.3 Å². The first-order valence-corrected chi connectivity index (χ1v) is 6.23. The SMILES string of the molecule is CCn1ccn(CC(=O)Nc2ccccc2C)c1=O. The number of rotatable bonds is 4. The second-order valence-electron chi connectivity index (χ2n) is 4.36. The summed E-state index contributed by atoms with van der Waals surface area (Å²) < 4.78 is 2.96. The maximum atomic E-state index is 11.9. The van der Waals surface area contributed by atoms with Gasteiger partial charge in [0.2, 0.25) is 5.91 Å². The van der Waals surface area contributed by atoms with E-state index in [0.29, 0.717) is 6.54 Å². The average molecular weight is 259 g/mol. The standard InChI is InChI=1S/C14H17N3O2/c1-3-16-8-9-17(14(16)19)10-13(18)15-12-7-5-4-6-11(12)2/h4-9H,3,10H2,1-2H3,(H,15,18). The molecule has 0 aliphatic rings. The topological polar surface area (TPSA) is 56.0 Å². The van der Waals surface area contributed by atoms with Crippen LogP contribution in [0.4, 0.5) is 5.69 Å². The lowest BCUT2D eigenvalue weighted by Gasteiger charge is -2.08. The summed E-state index contributed by atoms with van der Waals surface area (Å²) in [6, 6.07) is 7.54. The molecule has 0 radical (unpaired) electrons. The van der Waals surface area contributed by atoms with Gasteiger partial charge in [-0.25, -0.2) is 4.79 Å². The third-order valence-corrected chi connectivity index (χ3v) is 2.99. The summed E-state index contributed by atoms with van der Waals surface area (Å²) in [5.74, 6) is -0.203. The lowest BCUT2D eigenvalue weighted by Crippen LogP contribution is -2.29. The number of carbonyl (C=O) groups excluding carboxylic acids is 1. The van der Waals surface area contributed by atoms with E-state index in [1.807, 2.05) is 38.1 Å². The molecule has 0 fully saturated rings. The van der Waals surface area contributed by atoms with Crippen molar-refractivity contribution in [2.45, 2.75) is 26.9 Å². The Bertz CT molecular complexity index is 640. The third kappa shape index (κ3) is 2.93. The van der Waals surface area contributed by atoms with Gasteiger partial charge in [0.05, 0.1) is 0 Å². The maximum Gasteiger partial charge on any atom is 0.328 e. The van der Waals surface area contributed by atoms with Gasteiger partial charge >= 0.3 is 5.69 Å². The molecule has 0 bridgehead atoms. The number of hydrogen-bond acceptors (Lipinski definition) is 2. The quantitative estimate of drug-likeness (QED) is 0.907. The Labute approximate surface area is 111 Å². The van der Waals surface area contributed by atoms with Crippen LogP contribution in [0.3, 0.4) is 0 Å². The molecule has 0 spiro atoms. The van der Waals surface area contributed by atoms with Crippen molar-refractivity contribution in [3.05, 3.63) is 52.7 Å². The molecule has 1 N–H and O–H groups in total. The molecular formula is C14H17N3O2. The second-order valence-corrected chi connectivity index (χ2v) is 4.36. The largest absolute Gasteiger partial charge is 0.328 e. The van der Waals surface area contributed by atoms with Crippen LogP contribution >= 0.6 is 0 Å². The Kier molecular flexibility index (Phi) is 3.85. The van der Waals surface area contributed by atoms with E-state index in [2.05, 4.69) is 5.32 Å². The fourth-order valence-electron chi connectivity index (χ4n) is 1.87. The highest BCUT2D eigenvalue weighted by molar-refractivity contribution is 5.91. The number of nitrogens with zero attached hydrogens (tertiary/aromatic N) is 2. The Morgan fingerprint density at radius 1 is 1.21 bits per heavy atom. The highest BCUT2D eigenvalue weighted by Crippen LogP contribution is 2.12. The molecule has 0 saturated heterocycles. The molecule has 1 amide bonds. The lowest BCUT2D eigenvalue weighted by molar-refractivity contribution is -0.116. The number of amides is 1. The van der Waals surface area contributed by atoms with Crippen LogP contribution in [0.1, 0.15) is 12.5 Å². The van der Waals surface area contributed by atoms with E-state index < -0.39 is 0 Å². The van der Waals surface area contributed by atoms with Crippen LogP contribution in [0.25, 0.3) is 0 Å². The molecule has 0 saturated carbocycles. The predicted octanol–water partition coefficient (Wildman–Crippen LogP) is 1.62. The van der Waals surface area contributed by atoms with Gasteiger partial charge in [-0.1, -0.05) is 18.2 Å². The van der Waals surface area contributed by atoms with Gasteiger partial charge in [-0.15, -0.1) is 0 Å². The first kappa shape index (κ1) is 13.1. The molecule has 1 aromatic heterocycles. The highest BCUT2D eigenvalue weighted by atomic mass is 16.2. The van der Waals surface area contributed by atoms with E-state index >= 15 is 0 Å². The highest BCUT2D eigenvalue weighted by Gasteiger charge is 2.08. The number of benzene rings is 1. The maximum absolute atomic E-state index is 11.9. The summed E-state index contributed by atoms with van der Waals surface area (Å²) in [5, 5.41) is 2.81. The molecule has 19 heavy (non-hydrogen) atoms. The van der Waals surface area contributed by atoms with Gasteiger partial charge in [0.25, 0.3) is 0 Å². The fourth-order valence-corrected chi connectivity index (χ4v) is 1.87. The van der Waals surface area contributed by atoms with E-state index in [1.165, 1.54) is 4.57 Å². The van der Waals surface area contributed by atoms with Crippen LogP contribution in [-0.2, 0) is 17.9 Å². The van der Waals surface area contributed by atoms with Crippen LogP contribution in [0.2, 0.25) is 0 Å². The molecule has 5 nitrogen and oxygen atoms in total. The van der Waals surface area contributed by atoms with Crippen LogP contribution in [0.15, 0.2) is 41.5 Å². The zero-order valence-corrected chi connectivity index (χ0v) is 11.1. The minimum Gasteiger partial charge on any atom is -0.324 e. The van der Waals surface area contributed by atoms with Crippen molar-refractivity contribution in [3.63, 3.8) is 0 Å². The Hall–Kier alpha value is -2.30. The van der Waals surface area contributed by atoms with Crippen molar-refractivity contribution in [2.75, 3.05) is 5.32 Å². The minimum absolute atomic E-state index is 0.0279. The van der Waals surface area contributed by atoms with Crippen molar-refractivity contribution in [1.29, 1.82) is 0 Å². The Balaban J connectivity index is 2.08. The van der Waals surface area contributed by atoms with Crippen molar-refractivity contribution >= 4 is 11.6 Å². The molecular weight excluding hydrogens is 242 g/mol. The molecule has 2 rings (SSSR count). The van der Waals surface area contributed by atoms with Gasteiger partial charge in [0.1, 0.15) is 6.54 Å². The summed E-state index contributed by atoms with van der Waals surface area (Å²) in [5.41, 5.74) is 1.60. The number of carbonyl (C=O) groups is 1.